The van der Waals surface area contributed by atoms with Crippen LogP contribution in [-0.2, 0) is 17.7 Å². The Bertz CT molecular complexity index is 497. The van der Waals surface area contributed by atoms with Crippen molar-refractivity contribution in [2.75, 3.05) is 26.8 Å². The maximum Gasteiger partial charge on any atom is 0.254 e. The molecule has 0 bridgehead atoms. The van der Waals surface area contributed by atoms with Gasteiger partial charge < -0.3 is 15.0 Å². The number of benzene rings is 1. The van der Waals surface area contributed by atoms with Crippen LogP contribution in [-0.4, -0.2) is 43.7 Å². The van der Waals surface area contributed by atoms with Gasteiger partial charge in [0.15, 0.2) is 0 Å². The molecule has 2 aliphatic rings. The van der Waals surface area contributed by atoms with Crippen molar-refractivity contribution in [3.8, 4) is 0 Å². The second-order valence-electron chi connectivity index (χ2n) is 5.63. The van der Waals surface area contributed by atoms with Gasteiger partial charge >= 0.3 is 0 Å². The van der Waals surface area contributed by atoms with Crippen molar-refractivity contribution >= 4 is 5.91 Å². The molecule has 4 heteroatoms. The number of carbonyl (C=O) groups excluding carboxylic acids is 1. The lowest BCUT2D eigenvalue weighted by atomic mass is 9.98. The fourth-order valence-corrected chi connectivity index (χ4v) is 2.81. The molecule has 1 N–H and O–H groups in total. The number of hydrogen-bond acceptors (Lipinski definition) is 3. The standard InChI is InChI=1S/C16H22N2O2/c1-20-9-8-18(15-4-5-15)16(19)13-3-2-12-6-7-17-11-14(12)10-13/h2-3,10,15,17H,4-9,11H2,1H3. The Labute approximate surface area is 120 Å². The van der Waals surface area contributed by atoms with E-state index in [0.717, 1.165) is 37.9 Å². The third-order valence-corrected chi connectivity index (χ3v) is 4.12. The molecular weight excluding hydrogens is 252 g/mol. The van der Waals surface area contributed by atoms with Crippen LogP contribution in [0.25, 0.3) is 0 Å². The van der Waals surface area contributed by atoms with Crippen molar-refractivity contribution in [2.24, 2.45) is 0 Å². The monoisotopic (exact) mass is 274 g/mol. The summed E-state index contributed by atoms with van der Waals surface area (Å²) in [6.45, 7) is 3.20. The molecule has 1 amide bonds. The number of ether oxygens (including phenoxy) is 1. The summed E-state index contributed by atoms with van der Waals surface area (Å²) in [5.74, 6) is 0.151. The highest BCUT2D eigenvalue weighted by atomic mass is 16.5. The molecule has 1 aliphatic heterocycles. The predicted octanol–water partition coefficient (Wildman–Crippen LogP) is 1.58. The fourth-order valence-electron chi connectivity index (χ4n) is 2.81. The normalized spacial score (nSPS) is 17.6. The van der Waals surface area contributed by atoms with Crippen LogP contribution in [0.2, 0.25) is 0 Å². The van der Waals surface area contributed by atoms with Crippen LogP contribution in [0.15, 0.2) is 18.2 Å². The van der Waals surface area contributed by atoms with E-state index in [2.05, 4.69) is 17.4 Å². The molecule has 0 aromatic heterocycles. The van der Waals surface area contributed by atoms with Gasteiger partial charge in [-0.25, -0.2) is 0 Å². The second kappa shape index (κ2) is 5.94. The lowest BCUT2D eigenvalue weighted by molar-refractivity contribution is 0.0680. The second-order valence-corrected chi connectivity index (χ2v) is 5.63. The highest BCUT2D eigenvalue weighted by Gasteiger charge is 2.32. The van der Waals surface area contributed by atoms with Gasteiger partial charge in [-0.3, -0.25) is 4.79 Å². The zero-order chi connectivity index (χ0) is 13.9. The Morgan fingerprint density at radius 1 is 1.40 bits per heavy atom. The maximum absolute atomic E-state index is 12.7. The van der Waals surface area contributed by atoms with Crippen molar-refractivity contribution in [1.29, 1.82) is 0 Å². The van der Waals surface area contributed by atoms with Crippen LogP contribution in [0.5, 0.6) is 0 Å². The molecule has 1 heterocycles. The van der Waals surface area contributed by atoms with Gasteiger partial charge in [0.05, 0.1) is 6.61 Å². The SMILES string of the molecule is COCCN(C(=O)c1ccc2c(c1)CNCC2)C1CC1. The molecule has 1 aromatic rings. The van der Waals surface area contributed by atoms with Crippen molar-refractivity contribution in [1.82, 2.24) is 10.2 Å². The molecule has 0 saturated heterocycles. The van der Waals surface area contributed by atoms with Gasteiger partial charge in [0, 0.05) is 31.8 Å². The van der Waals surface area contributed by atoms with Crippen molar-refractivity contribution in [3.63, 3.8) is 0 Å². The molecule has 0 atom stereocenters. The fraction of sp³-hybridized carbons (Fsp3) is 0.562. The molecule has 1 aliphatic carbocycles. The summed E-state index contributed by atoms with van der Waals surface area (Å²) in [6, 6.07) is 6.58. The third-order valence-electron chi connectivity index (χ3n) is 4.12. The first-order valence-electron chi connectivity index (χ1n) is 7.42. The molecule has 3 rings (SSSR count). The summed E-state index contributed by atoms with van der Waals surface area (Å²) in [7, 11) is 1.68. The Hall–Kier alpha value is -1.39. The number of fused-ring (bicyclic) bond motifs is 1. The number of amides is 1. The summed E-state index contributed by atoms with van der Waals surface area (Å²) in [5.41, 5.74) is 3.45. The van der Waals surface area contributed by atoms with Crippen molar-refractivity contribution in [2.45, 2.75) is 31.8 Å². The van der Waals surface area contributed by atoms with Gasteiger partial charge in [-0.1, -0.05) is 6.07 Å². The van der Waals surface area contributed by atoms with Crippen LogP contribution in [0.1, 0.15) is 34.3 Å². The van der Waals surface area contributed by atoms with Crippen molar-refractivity contribution < 1.29 is 9.53 Å². The van der Waals surface area contributed by atoms with Gasteiger partial charge in [0.2, 0.25) is 0 Å². The zero-order valence-electron chi connectivity index (χ0n) is 12.0. The maximum atomic E-state index is 12.7. The summed E-state index contributed by atoms with van der Waals surface area (Å²) in [5, 5.41) is 3.36. The third kappa shape index (κ3) is 2.86. The number of nitrogens with zero attached hydrogens (tertiary/aromatic N) is 1. The van der Waals surface area contributed by atoms with Crippen molar-refractivity contribution in [3.05, 3.63) is 34.9 Å². The average molecular weight is 274 g/mol. The molecule has 108 valence electrons. The number of nitrogens with one attached hydrogen (secondary N) is 1. The van der Waals surface area contributed by atoms with E-state index in [1.807, 2.05) is 11.0 Å². The minimum absolute atomic E-state index is 0.151. The van der Waals surface area contributed by atoms with Gasteiger partial charge in [0.25, 0.3) is 5.91 Å². The topological polar surface area (TPSA) is 41.6 Å². The van der Waals surface area contributed by atoms with Crippen LogP contribution >= 0.6 is 0 Å². The summed E-state index contributed by atoms with van der Waals surface area (Å²) in [6.07, 6.45) is 3.31. The van der Waals surface area contributed by atoms with Crippen LogP contribution in [0.3, 0.4) is 0 Å². The average Bonchev–Trinajstić information content (AvgIpc) is 3.32. The Morgan fingerprint density at radius 2 is 2.25 bits per heavy atom. The lowest BCUT2D eigenvalue weighted by Crippen LogP contribution is -2.36. The van der Waals surface area contributed by atoms with E-state index in [-0.39, 0.29) is 5.91 Å². The van der Waals surface area contributed by atoms with Gasteiger partial charge in [0.1, 0.15) is 0 Å². The highest BCUT2D eigenvalue weighted by molar-refractivity contribution is 5.95. The summed E-state index contributed by atoms with van der Waals surface area (Å²) in [4.78, 5) is 14.6. The van der Waals surface area contributed by atoms with E-state index >= 15 is 0 Å². The van der Waals surface area contributed by atoms with E-state index in [4.69, 9.17) is 4.74 Å². The first-order chi connectivity index (χ1) is 9.79. The minimum atomic E-state index is 0.151. The highest BCUT2D eigenvalue weighted by Crippen LogP contribution is 2.28. The largest absolute Gasteiger partial charge is 0.383 e. The van der Waals surface area contributed by atoms with E-state index in [0.29, 0.717) is 19.2 Å². The molecule has 1 aromatic carbocycles. The number of rotatable bonds is 5. The lowest BCUT2D eigenvalue weighted by Gasteiger charge is -2.23. The number of carbonyl (C=O) groups is 1. The van der Waals surface area contributed by atoms with Crippen LogP contribution < -0.4 is 5.32 Å². The van der Waals surface area contributed by atoms with E-state index < -0.39 is 0 Å². The van der Waals surface area contributed by atoms with Gasteiger partial charge in [-0.2, -0.15) is 0 Å². The van der Waals surface area contributed by atoms with E-state index in [9.17, 15) is 4.79 Å². The molecule has 20 heavy (non-hydrogen) atoms. The van der Waals surface area contributed by atoms with Crippen LogP contribution in [0.4, 0.5) is 0 Å². The summed E-state index contributed by atoms with van der Waals surface area (Å²) < 4.78 is 5.12. The molecule has 4 nitrogen and oxygen atoms in total. The Balaban J connectivity index is 1.78. The predicted molar refractivity (Wildman–Crippen MR) is 77.8 cm³/mol. The Kier molecular flexibility index (Phi) is 4.03. The number of hydrogen-bond donors (Lipinski definition) is 1. The van der Waals surface area contributed by atoms with Gasteiger partial charge in [-0.15, -0.1) is 0 Å². The Morgan fingerprint density at radius 3 is 3.00 bits per heavy atom. The van der Waals surface area contributed by atoms with E-state index in [1.165, 1.54) is 11.1 Å². The summed E-state index contributed by atoms with van der Waals surface area (Å²) >= 11 is 0. The quantitative estimate of drug-likeness (QED) is 0.886. The molecule has 1 saturated carbocycles. The molecule has 0 spiro atoms. The smallest absolute Gasteiger partial charge is 0.254 e. The zero-order valence-corrected chi connectivity index (χ0v) is 12.0. The molecular formula is C16H22N2O2. The van der Waals surface area contributed by atoms with Gasteiger partial charge in [-0.05, 0) is 49.1 Å². The molecule has 1 fully saturated rings. The van der Waals surface area contributed by atoms with Crippen LogP contribution in [0, 0.1) is 0 Å². The number of methoxy groups -OCH3 is 1. The molecule has 0 unspecified atom stereocenters. The minimum Gasteiger partial charge on any atom is -0.383 e. The first kappa shape index (κ1) is 13.6. The van der Waals surface area contributed by atoms with E-state index in [1.54, 1.807) is 7.11 Å². The first-order valence-corrected chi connectivity index (χ1v) is 7.42. The molecule has 0 radical (unpaired) electrons.